The molecule has 1 N–H and O–H groups in total. The average Bonchev–Trinajstić information content (AvgIpc) is 2.60. The Morgan fingerprint density at radius 3 is 2.39 bits per heavy atom. The molecule has 0 radical (unpaired) electrons. The van der Waals surface area contributed by atoms with Gasteiger partial charge in [-0.1, -0.05) is 72.8 Å². The lowest BCUT2D eigenvalue weighted by molar-refractivity contribution is 0.212. The smallest absolute Gasteiger partial charge is 0.101 e. The Hall–Kier alpha value is -2.38. The third kappa shape index (κ3) is 2.69. The second kappa shape index (κ2) is 6.02. The second-order valence-corrected chi connectivity index (χ2v) is 6.25. The fourth-order valence-electron chi connectivity index (χ4n) is 3.58. The van der Waals surface area contributed by atoms with Crippen LogP contribution in [0.4, 0.5) is 0 Å². The molecule has 0 heterocycles. The molecule has 0 aliphatic heterocycles. The van der Waals surface area contributed by atoms with Crippen LogP contribution < -0.4 is 0 Å². The van der Waals surface area contributed by atoms with Crippen LogP contribution in [-0.2, 0) is 6.42 Å². The summed E-state index contributed by atoms with van der Waals surface area (Å²) in [5.74, 6) is 0. The van der Waals surface area contributed by atoms with Crippen molar-refractivity contribution in [2.75, 3.05) is 0 Å². The van der Waals surface area contributed by atoms with Crippen molar-refractivity contribution in [3.63, 3.8) is 0 Å². The third-order valence-corrected chi connectivity index (χ3v) is 4.73. The highest BCUT2D eigenvalue weighted by molar-refractivity contribution is 5.96. The van der Waals surface area contributed by atoms with Crippen LogP contribution in [0.2, 0.25) is 0 Å². The topological polar surface area (TPSA) is 20.2 Å². The maximum atomic E-state index is 10.8. The van der Waals surface area contributed by atoms with Gasteiger partial charge < -0.3 is 5.11 Å². The summed E-state index contributed by atoms with van der Waals surface area (Å²) >= 11 is 0. The van der Waals surface area contributed by atoms with E-state index in [4.69, 9.17) is 0 Å². The number of rotatable bonds is 4. The fraction of sp³-hybridized carbons (Fsp3) is 0.182. The van der Waals surface area contributed by atoms with Gasteiger partial charge in [0.25, 0.3) is 0 Å². The monoisotopic (exact) mass is 300 g/mol. The maximum Gasteiger partial charge on any atom is 0.101 e. The Kier molecular flexibility index (Phi) is 3.72. The molecule has 0 saturated carbocycles. The zero-order chi connectivity index (χ0) is 15.6. The predicted molar refractivity (Wildman–Crippen MR) is 96.3 cm³/mol. The van der Waals surface area contributed by atoms with E-state index in [0.717, 1.165) is 30.4 Å². The van der Waals surface area contributed by atoms with Gasteiger partial charge in [-0.25, -0.2) is 0 Å². The van der Waals surface area contributed by atoms with Crippen LogP contribution in [0.1, 0.15) is 35.6 Å². The van der Waals surface area contributed by atoms with E-state index in [0.29, 0.717) is 0 Å². The van der Waals surface area contributed by atoms with Gasteiger partial charge >= 0.3 is 0 Å². The lowest BCUT2D eigenvalue weighted by Crippen LogP contribution is -2.07. The molecule has 3 aromatic carbocycles. The number of hydrogen-bond acceptors (Lipinski definition) is 1. The summed E-state index contributed by atoms with van der Waals surface area (Å²) < 4.78 is 0. The average molecular weight is 300 g/mol. The van der Waals surface area contributed by atoms with Crippen LogP contribution in [0, 0.1) is 0 Å². The summed E-state index contributed by atoms with van der Waals surface area (Å²) in [6.45, 7) is 0. The second-order valence-electron chi connectivity index (χ2n) is 6.25. The van der Waals surface area contributed by atoms with Gasteiger partial charge in [0, 0.05) is 0 Å². The molecule has 0 fully saturated rings. The van der Waals surface area contributed by atoms with Gasteiger partial charge in [0.05, 0.1) is 0 Å². The molecular weight excluding hydrogens is 280 g/mol. The summed E-state index contributed by atoms with van der Waals surface area (Å²) in [6, 6.07) is 23.1. The quantitative estimate of drug-likeness (QED) is 0.694. The van der Waals surface area contributed by atoms with Crippen LogP contribution in [0.25, 0.3) is 16.8 Å². The lowest BCUT2D eigenvalue weighted by Gasteiger charge is -2.23. The molecule has 0 bridgehead atoms. The first kappa shape index (κ1) is 14.2. The summed E-state index contributed by atoms with van der Waals surface area (Å²) in [7, 11) is 0. The Labute approximate surface area is 136 Å². The van der Waals surface area contributed by atoms with Crippen LogP contribution in [0.3, 0.4) is 0 Å². The Morgan fingerprint density at radius 2 is 1.57 bits per heavy atom. The Bertz CT molecular complexity index is 856. The van der Waals surface area contributed by atoms with Gasteiger partial charge in [-0.3, -0.25) is 0 Å². The van der Waals surface area contributed by atoms with E-state index in [9.17, 15) is 5.11 Å². The molecule has 3 aromatic rings. The van der Waals surface area contributed by atoms with Gasteiger partial charge in [0.15, 0.2) is 0 Å². The number of benzene rings is 3. The Morgan fingerprint density at radius 1 is 0.783 bits per heavy atom. The van der Waals surface area contributed by atoms with Gasteiger partial charge in [0.1, 0.15) is 6.10 Å². The van der Waals surface area contributed by atoms with Gasteiger partial charge in [-0.15, -0.1) is 0 Å². The summed E-state index contributed by atoms with van der Waals surface area (Å²) in [5.41, 5.74) is 4.78. The molecular formula is C22H20O. The largest absolute Gasteiger partial charge is 0.384 e. The zero-order valence-corrected chi connectivity index (χ0v) is 13.1. The number of aliphatic hydroxyl groups excluding tert-OH is 1. The molecule has 1 heteroatoms. The van der Waals surface area contributed by atoms with E-state index in [-0.39, 0.29) is 0 Å². The first-order chi connectivity index (χ1) is 11.3. The van der Waals surface area contributed by atoms with Crippen LogP contribution >= 0.6 is 0 Å². The van der Waals surface area contributed by atoms with Crippen LogP contribution in [-0.4, -0.2) is 5.11 Å². The van der Waals surface area contributed by atoms with Crippen LogP contribution in [0.5, 0.6) is 0 Å². The van der Waals surface area contributed by atoms with E-state index < -0.39 is 6.10 Å². The molecule has 23 heavy (non-hydrogen) atoms. The van der Waals surface area contributed by atoms with Crippen molar-refractivity contribution in [1.29, 1.82) is 0 Å². The normalized spacial score (nSPS) is 16.4. The highest BCUT2D eigenvalue weighted by Crippen LogP contribution is 2.39. The molecule has 0 aromatic heterocycles. The molecule has 0 spiro atoms. The van der Waals surface area contributed by atoms with Gasteiger partial charge in [-0.05, 0) is 52.3 Å². The molecule has 4 rings (SSSR count). The van der Waals surface area contributed by atoms with E-state index in [1.54, 1.807) is 0 Å². The number of aliphatic hydroxyl groups is 1. The standard InChI is InChI=1S/C22H20O/c23-22-19(13-4-9-16-7-2-1-3-8-16)15-18-12-5-10-17-11-6-14-20(22)21(17)18/h1-3,5-8,10-12,14-15,22-23H,4,9,13H2. The molecule has 1 aliphatic rings. The molecule has 0 saturated heterocycles. The minimum Gasteiger partial charge on any atom is -0.384 e. The molecule has 1 nitrogen and oxygen atoms in total. The molecule has 1 aliphatic carbocycles. The third-order valence-electron chi connectivity index (χ3n) is 4.73. The van der Waals surface area contributed by atoms with E-state index >= 15 is 0 Å². The van der Waals surface area contributed by atoms with Crippen LogP contribution in [0.15, 0.2) is 72.3 Å². The highest BCUT2D eigenvalue weighted by atomic mass is 16.3. The first-order valence-electron chi connectivity index (χ1n) is 8.27. The fourth-order valence-corrected chi connectivity index (χ4v) is 3.58. The van der Waals surface area contributed by atoms with E-state index in [1.807, 2.05) is 6.07 Å². The molecule has 1 atom stereocenters. The van der Waals surface area contributed by atoms with Crippen molar-refractivity contribution in [2.24, 2.45) is 0 Å². The van der Waals surface area contributed by atoms with E-state index in [1.165, 1.54) is 21.9 Å². The molecule has 1 unspecified atom stereocenters. The minimum absolute atomic E-state index is 0.468. The maximum absolute atomic E-state index is 10.8. The van der Waals surface area contributed by atoms with Crippen molar-refractivity contribution >= 4 is 16.8 Å². The van der Waals surface area contributed by atoms with Crippen molar-refractivity contribution in [1.82, 2.24) is 0 Å². The SMILES string of the molecule is OC1C(CCCc2ccccc2)=Cc2cccc3cccc1c23. The Balaban J connectivity index is 1.58. The predicted octanol–water partition coefficient (Wildman–Crippen LogP) is 5.29. The minimum atomic E-state index is -0.468. The first-order valence-corrected chi connectivity index (χ1v) is 8.27. The summed E-state index contributed by atoms with van der Waals surface area (Å²) in [5, 5.41) is 13.2. The number of aryl methyl sites for hydroxylation is 1. The zero-order valence-electron chi connectivity index (χ0n) is 13.1. The van der Waals surface area contributed by atoms with Crippen molar-refractivity contribution < 1.29 is 5.11 Å². The summed E-state index contributed by atoms with van der Waals surface area (Å²) in [4.78, 5) is 0. The lowest BCUT2D eigenvalue weighted by atomic mass is 9.85. The van der Waals surface area contributed by atoms with Crippen molar-refractivity contribution in [3.8, 4) is 0 Å². The molecule has 114 valence electrons. The highest BCUT2D eigenvalue weighted by Gasteiger charge is 2.21. The molecule has 0 amide bonds. The van der Waals surface area contributed by atoms with Crippen molar-refractivity contribution in [3.05, 3.63) is 89.0 Å². The van der Waals surface area contributed by atoms with Gasteiger partial charge in [-0.2, -0.15) is 0 Å². The van der Waals surface area contributed by atoms with E-state index in [2.05, 4.69) is 66.7 Å². The number of hydrogen-bond donors (Lipinski definition) is 1. The summed E-state index contributed by atoms with van der Waals surface area (Å²) in [6.07, 6.45) is 4.76. The van der Waals surface area contributed by atoms with Gasteiger partial charge in [0.2, 0.25) is 0 Å². The van der Waals surface area contributed by atoms with Crippen molar-refractivity contribution in [2.45, 2.75) is 25.4 Å².